The number of carbonyl (C=O) groups excluding carboxylic acids is 2. The van der Waals surface area contributed by atoms with Crippen LogP contribution in [-0.4, -0.2) is 26.2 Å². The van der Waals surface area contributed by atoms with Crippen molar-refractivity contribution in [3.05, 3.63) is 23.3 Å². The van der Waals surface area contributed by atoms with Crippen molar-refractivity contribution in [1.82, 2.24) is 0 Å². The SMILES string of the molecule is CCC1=CC(C(=O)OC)(C(=O)OC)C=C1CC(C)(C)C. The zero-order valence-corrected chi connectivity index (χ0v) is 13.2. The number of ether oxygens (including phenoxy) is 2. The average molecular weight is 280 g/mol. The van der Waals surface area contributed by atoms with E-state index < -0.39 is 17.4 Å². The molecule has 0 heterocycles. The van der Waals surface area contributed by atoms with Gasteiger partial charge in [0.05, 0.1) is 14.2 Å². The molecule has 0 spiro atoms. The third-order valence-electron chi connectivity index (χ3n) is 3.36. The van der Waals surface area contributed by atoms with E-state index in [1.54, 1.807) is 12.2 Å². The van der Waals surface area contributed by atoms with E-state index in [0.29, 0.717) is 0 Å². The molecule has 0 atom stereocenters. The van der Waals surface area contributed by atoms with Gasteiger partial charge in [-0.05, 0) is 41.6 Å². The summed E-state index contributed by atoms with van der Waals surface area (Å²) in [4.78, 5) is 24.2. The summed E-state index contributed by atoms with van der Waals surface area (Å²) in [7, 11) is 2.56. The van der Waals surface area contributed by atoms with Gasteiger partial charge in [-0.25, -0.2) is 0 Å². The molecule has 0 unspecified atom stereocenters. The minimum atomic E-state index is -1.42. The van der Waals surface area contributed by atoms with Gasteiger partial charge in [-0.15, -0.1) is 0 Å². The summed E-state index contributed by atoms with van der Waals surface area (Å²) in [5.74, 6) is -1.20. The fourth-order valence-corrected chi connectivity index (χ4v) is 2.50. The van der Waals surface area contributed by atoms with E-state index in [4.69, 9.17) is 9.47 Å². The second-order valence-electron chi connectivity index (χ2n) is 6.28. The molecule has 112 valence electrons. The van der Waals surface area contributed by atoms with E-state index in [1.165, 1.54) is 14.2 Å². The fraction of sp³-hybridized carbons (Fsp3) is 0.625. The van der Waals surface area contributed by atoms with Crippen LogP contribution in [-0.2, 0) is 19.1 Å². The van der Waals surface area contributed by atoms with Crippen LogP contribution in [0.2, 0.25) is 0 Å². The first-order chi connectivity index (χ1) is 9.20. The zero-order valence-electron chi connectivity index (χ0n) is 13.2. The lowest BCUT2D eigenvalue weighted by atomic mass is 9.85. The van der Waals surface area contributed by atoms with E-state index >= 15 is 0 Å². The molecule has 0 aromatic heterocycles. The standard InChI is InChI=1S/C16H24O4/c1-7-11-9-16(13(17)19-5,14(18)20-6)10-12(11)8-15(2,3)4/h9-10H,7-8H2,1-6H3. The molecule has 0 N–H and O–H groups in total. The highest BCUT2D eigenvalue weighted by Crippen LogP contribution is 2.42. The molecule has 0 amide bonds. The molecule has 1 rings (SSSR count). The Morgan fingerprint density at radius 3 is 1.85 bits per heavy atom. The summed E-state index contributed by atoms with van der Waals surface area (Å²) in [5.41, 5.74) is 0.684. The molecule has 0 bridgehead atoms. The minimum Gasteiger partial charge on any atom is -0.468 e. The van der Waals surface area contributed by atoms with E-state index in [9.17, 15) is 9.59 Å². The van der Waals surface area contributed by atoms with Gasteiger partial charge in [-0.3, -0.25) is 9.59 Å². The molecule has 20 heavy (non-hydrogen) atoms. The molecular weight excluding hydrogens is 256 g/mol. The molecule has 4 heteroatoms. The Labute approximate surface area is 120 Å². The number of hydrogen-bond acceptors (Lipinski definition) is 4. The number of rotatable bonds is 4. The van der Waals surface area contributed by atoms with Crippen LogP contribution in [0.15, 0.2) is 23.3 Å². The van der Waals surface area contributed by atoms with Crippen LogP contribution >= 0.6 is 0 Å². The van der Waals surface area contributed by atoms with Crippen molar-refractivity contribution in [3.8, 4) is 0 Å². The molecule has 4 nitrogen and oxygen atoms in total. The zero-order chi connectivity index (χ0) is 15.6. The first-order valence-corrected chi connectivity index (χ1v) is 6.81. The second kappa shape index (κ2) is 5.81. The van der Waals surface area contributed by atoms with Crippen molar-refractivity contribution in [2.45, 2.75) is 40.5 Å². The number of carbonyl (C=O) groups is 2. The Bertz CT molecular complexity index is 447. The third kappa shape index (κ3) is 3.11. The van der Waals surface area contributed by atoms with Gasteiger partial charge in [-0.2, -0.15) is 0 Å². The quantitative estimate of drug-likeness (QED) is 0.586. The van der Waals surface area contributed by atoms with Crippen molar-refractivity contribution >= 4 is 11.9 Å². The Morgan fingerprint density at radius 2 is 1.50 bits per heavy atom. The lowest BCUT2D eigenvalue weighted by molar-refractivity contribution is -0.161. The van der Waals surface area contributed by atoms with Gasteiger partial charge in [0.15, 0.2) is 0 Å². The maximum absolute atomic E-state index is 12.1. The van der Waals surface area contributed by atoms with Gasteiger partial charge in [0, 0.05) is 0 Å². The van der Waals surface area contributed by atoms with Gasteiger partial charge in [0.25, 0.3) is 0 Å². The molecule has 0 aromatic carbocycles. The second-order valence-corrected chi connectivity index (χ2v) is 6.28. The van der Waals surface area contributed by atoms with Gasteiger partial charge >= 0.3 is 11.9 Å². The van der Waals surface area contributed by atoms with Crippen LogP contribution in [0.1, 0.15) is 40.5 Å². The third-order valence-corrected chi connectivity index (χ3v) is 3.36. The maximum atomic E-state index is 12.1. The lowest BCUT2D eigenvalue weighted by Gasteiger charge is -2.21. The molecule has 0 fully saturated rings. The molecule has 0 saturated heterocycles. The van der Waals surface area contributed by atoms with Crippen molar-refractivity contribution < 1.29 is 19.1 Å². The van der Waals surface area contributed by atoms with Gasteiger partial charge in [0.1, 0.15) is 0 Å². The summed E-state index contributed by atoms with van der Waals surface area (Å²) in [5, 5.41) is 0. The summed E-state index contributed by atoms with van der Waals surface area (Å²) in [6.45, 7) is 8.37. The fourth-order valence-electron chi connectivity index (χ4n) is 2.50. The highest BCUT2D eigenvalue weighted by atomic mass is 16.5. The van der Waals surface area contributed by atoms with Crippen molar-refractivity contribution in [2.75, 3.05) is 14.2 Å². The molecule has 0 aliphatic heterocycles. The predicted octanol–water partition coefficient (Wildman–Crippen LogP) is 3.03. The van der Waals surface area contributed by atoms with Crippen molar-refractivity contribution in [3.63, 3.8) is 0 Å². The van der Waals surface area contributed by atoms with Crippen LogP contribution in [0.25, 0.3) is 0 Å². The maximum Gasteiger partial charge on any atom is 0.331 e. The monoisotopic (exact) mass is 280 g/mol. The largest absolute Gasteiger partial charge is 0.468 e. The number of esters is 2. The van der Waals surface area contributed by atoms with E-state index in [2.05, 4.69) is 20.8 Å². The van der Waals surface area contributed by atoms with Crippen LogP contribution in [0.3, 0.4) is 0 Å². The minimum absolute atomic E-state index is 0.0718. The van der Waals surface area contributed by atoms with Gasteiger partial charge in [-0.1, -0.05) is 27.7 Å². The van der Waals surface area contributed by atoms with Gasteiger partial charge < -0.3 is 9.47 Å². The lowest BCUT2D eigenvalue weighted by Crippen LogP contribution is -2.37. The Kier molecular flexibility index (Phi) is 4.79. The highest BCUT2D eigenvalue weighted by Gasteiger charge is 2.48. The van der Waals surface area contributed by atoms with Crippen molar-refractivity contribution in [1.29, 1.82) is 0 Å². The molecule has 0 aromatic rings. The van der Waals surface area contributed by atoms with Crippen LogP contribution in [0.4, 0.5) is 0 Å². The summed E-state index contributed by atoms with van der Waals surface area (Å²) < 4.78 is 9.61. The molecular formula is C16H24O4. The molecule has 0 saturated carbocycles. The first kappa shape index (κ1) is 16.5. The Hall–Kier alpha value is -1.58. The van der Waals surface area contributed by atoms with Gasteiger partial charge in [0.2, 0.25) is 5.41 Å². The van der Waals surface area contributed by atoms with Crippen LogP contribution < -0.4 is 0 Å². The van der Waals surface area contributed by atoms with E-state index in [0.717, 1.165) is 24.0 Å². The van der Waals surface area contributed by atoms with Crippen LogP contribution in [0.5, 0.6) is 0 Å². The topological polar surface area (TPSA) is 52.6 Å². The highest BCUT2D eigenvalue weighted by molar-refractivity contribution is 6.06. The average Bonchev–Trinajstić information content (AvgIpc) is 2.74. The molecule has 0 radical (unpaired) electrons. The summed E-state index contributed by atoms with van der Waals surface area (Å²) in [6, 6.07) is 0. The Balaban J connectivity index is 3.31. The summed E-state index contributed by atoms with van der Waals surface area (Å²) in [6.07, 6.45) is 4.94. The van der Waals surface area contributed by atoms with Crippen molar-refractivity contribution in [2.24, 2.45) is 10.8 Å². The first-order valence-electron chi connectivity index (χ1n) is 6.81. The van der Waals surface area contributed by atoms with Crippen LogP contribution in [0, 0.1) is 10.8 Å². The Morgan fingerprint density at radius 1 is 1.05 bits per heavy atom. The molecule has 1 aliphatic rings. The summed E-state index contributed by atoms with van der Waals surface area (Å²) >= 11 is 0. The normalized spacial score (nSPS) is 17.3. The number of allylic oxidation sites excluding steroid dienone is 2. The number of hydrogen-bond donors (Lipinski definition) is 0. The predicted molar refractivity (Wildman–Crippen MR) is 77.0 cm³/mol. The van der Waals surface area contributed by atoms with E-state index in [-0.39, 0.29) is 5.41 Å². The smallest absolute Gasteiger partial charge is 0.331 e. The van der Waals surface area contributed by atoms with E-state index in [1.807, 2.05) is 6.92 Å². The number of methoxy groups -OCH3 is 2. The molecule has 1 aliphatic carbocycles.